The molecule has 1 amide bonds. The van der Waals surface area contributed by atoms with Crippen molar-refractivity contribution in [2.75, 3.05) is 5.32 Å². The highest BCUT2D eigenvalue weighted by atomic mass is 16.5. The Morgan fingerprint density at radius 1 is 1.12 bits per heavy atom. The first kappa shape index (κ1) is 18.6. The smallest absolute Gasteiger partial charge is 0.359 e. The Morgan fingerprint density at radius 2 is 1.80 bits per heavy atom. The van der Waals surface area contributed by atoms with Crippen molar-refractivity contribution >= 4 is 17.6 Å². The van der Waals surface area contributed by atoms with Gasteiger partial charge in [-0.25, -0.2) is 9.78 Å². The Kier molecular flexibility index (Phi) is 6.22. The highest BCUT2D eigenvalue weighted by molar-refractivity contribution is 5.96. The highest BCUT2D eigenvalue weighted by Crippen LogP contribution is 2.20. The van der Waals surface area contributed by atoms with E-state index in [0.717, 1.165) is 6.42 Å². The van der Waals surface area contributed by atoms with Crippen molar-refractivity contribution in [3.63, 3.8) is 0 Å². The number of nitrogens with zero attached hydrogens (tertiary/aromatic N) is 2. The minimum atomic E-state index is -0.940. The zero-order valence-corrected chi connectivity index (χ0v) is 14.9. The molecule has 2 atom stereocenters. The number of nitrogens with one attached hydrogen (secondary N) is 1. The maximum absolute atomic E-state index is 12.2. The summed E-state index contributed by atoms with van der Waals surface area (Å²) < 4.78 is 5.14. The van der Waals surface area contributed by atoms with Crippen molar-refractivity contribution in [1.82, 2.24) is 9.97 Å². The fraction of sp³-hybridized carbons (Fsp3) is 0.368. The van der Waals surface area contributed by atoms with Crippen molar-refractivity contribution in [1.29, 1.82) is 0 Å². The van der Waals surface area contributed by atoms with Crippen molar-refractivity contribution in [2.24, 2.45) is 0 Å². The van der Waals surface area contributed by atoms with Crippen LogP contribution >= 0.6 is 0 Å². The summed E-state index contributed by atoms with van der Waals surface area (Å²) in [6.45, 7) is 7.57. The molecule has 0 aliphatic carbocycles. The fourth-order valence-electron chi connectivity index (χ4n) is 2.15. The van der Waals surface area contributed by atoms with Gasteiger partial charge >= 0.3 is 5.97 Å². The normalized spacial score (nSPS) is 13.0. The summed E-state index contributed by atoms with van der Waals surface area (Å²) in [6.07, 6.45) is 2.92. The SMILES string of the molecule is CC[C@@H](C)c1ccc(NC(=O)[C@@H](C)OC(=O)c2cnc(C)cn2)cc1. The van der Waals surface area contributed by atoms with Crippen molar-refractivity contribution < 1.29 is 14.3 Å². The standard InChI is InChI=1S/C19H23N3O3/c1-5-12(2)15-6-8-16(9-7-15)22-18(23)14(4)25-19(24)17-11-20-13(3)10-21-17/h6-12,14H,5H2,1-4H3,(H,22,23)/t12-,14-/m1/s1. The molecule has 6 nitrogen and oxygen atoms in total. The minimum absolute atomic E-state index is 0.0724. The molecular formula is C19H23N3O3. The lowest BCUT2D eigenvalue weighted by Gasteiger charge is -2.14. The van der Waals surface area contributed by atoms with Gasteiger partial charge in [-0.05, 0) is 43.9 Å². The van der Waals surface area contributed by atoms with E-state index in [-0.39, 0.29) is 5.69 Å². The predicted molar refractivity (Wildman–Crippen MR) is 95.4 cm³/mol. The van der Waals surface area contributed by atoms with Crippen LogP contribution in [0, 0.1) is 6.92 Å². The predicted octanol–water partition coefficient (Wildman–Crippen LogP) is 3.48. The second-order valence-corrected chi connectivity index (χ2v) is 6.01. The molecule has 0 unspecified atom stereocenters. The number of hydrogen-bond acceptors (Lipinski definition) is 5. The van der Waals surface area contributed by atoms with Gasteiger partial charge in [-0.1, -0.05) is 26.0 Å². The van der Waals surface area contributed by atoms with Crippen LogP contribution in [-0.4, -0.2) is 27.9 Å². The van der Waals surface area contributed by atoms with E-state index in [2.05, 4.69) is 29.1 Å². The van der Waals surface area contributed by atoms with Gasteiger partial charge in [0.25, 0.3) is 5.91 Å². The third kappa shape index (κ3) is 5.11. The summed E-state index contributed by atoms with van der Waals surface area (Å²) in [5.74, 6) is -0.604. The van der Waals surface area contributed by atoms with E-state index in [1.807, 2.05) is 24.3 Å². The fourth-order valence-corrected chi connectivity index (χ4v) is 2.15. The maximum Gasteiger partial charge on any atom is 0.359 e. The van der Waals surface area contributed by atoms with Gasteiger partial charge in [-0.15, -0.1) is 0 Å². The lowest BCUT2D eigenvalue weighted by Crippen LogP contribution is -2.30. The molecule has 132 valence electrons. The Hall–Kier alpha value is -2.76. The van der Waals surface area contributed by atoms with Crippen LogP contribution in [-0.2, 0) is 9.53 Å². The number of carbonyl (C=O) groups is 2. The zero-order valence-electron chi connectivity index (χ0n) is 14.9. The van der Waals surface area contributed by atoms with Gasteiger partial charge in [-0.3, -0.25) is 9.78 Å². The van der Waals surface area contributed by atoms with Gasteiger partial charge in [0.1, 0.15) is 0 Å². The summed E-state index contributed by atoms with van der Waals surface area (Å²) in [6, 6.07) is 7.67. The largest absolute Gasteiger partial charge is 0.448 e. The third-order valence-corrected chi connectivity index (χ3v) is 4.00. The van der Waals surface area contributed by atoms with Crippen molar-refractivity contribution in [2.45, 2.75) is 46.1 Å². The number of esters is 1. The van der Waals surface area contributed by atoms with Crippen LogP contribution in [0.25, 0.3) is 0 Å². The molecule has 0 spiro atoms. The van der Waals surface area contributed by atoms with E-state index in [0.29, 0.717) is 17.3 Å². The Morgan fingerprint density at radius 3 is 2.36 bits per heavy atom. The number of ether oxygens (including phenoxy) is 1. The second-order valence-electron chi connectivity index (χ2n) is 6.01. The summed E-state index contributed by atoms with van der Waals surface area (Å²) in [7, 11) is 0. The number of anilines is 1. The zero-order chi connectivity index (χ0) is 18.4. The van der Waals surface area contributed by atoms with Crippen molar-refractivity contribution in [3.05, 3.63) is 53.6 Å². The molecule has 1 N–H and O–H groups in total. The average molecular weight is 341 g/mol. The quantitative estimate of drug-likeness (QED) is 0.814. The summed E-state index contributed by atoms with van der Waals surface area (Å²) in [5, 5.41) is 2.74. The molecule has 0 fully saturated rings. The van der Waals surface area contributed by atoms with Gasteiger partial charge < -0.3 is 10.1 Å². The first-order valence-corrected chi connectivity index (χ1v) is 8.31. The second kappa shape index (κ2) is 8.37. The average Bonchev–Trinajstić information content (AvgIpc) is 2.62. The van der Waals surface area contributed by atoms with Gasteiger partial charge in [0.2, 0.25) is 0 Å². The van der Waals surface area contributed by atoms with E-state index in [1.165, 1.54) is 24.9 Å². The molecule has 1 heterocycles. The number of aromatic nitrogens is 2. The van der Waals surface area contributed by atoms with Crippen molar-refractivity contribution in [3.8, 4) is 0 Å². The Bertz CT molecular complexity index is 727. The first-order valence-electron chi connectivity index (χ1n) is 8.31. The van der Waals surface area contributed by atoms with E-state index in [1.54, 1.807) is 6.92 Å². The Balaban J connectivity index is 1.93. The van der Waals surface area contributed by atoms with E-state index < -0.39 is 18.0 Å². The summed E-state index contributed by atoms with van der Waals surface area (Å²) in [5.41, 5.74) is 2.65. The van der Waals surface area contributed by atoms with Crippen LogP contribution in [0.15, 0.2) is 36.7 Å². The topological polar surface area (TPSA) is 81.2 Å². The number of benzene rings is 1. The summed E-state index contributed by atoms with van der Waals surface area (Å²) in [4.78, 5) is 32.1. The van der Waals surface area contributed by atoms with Crippen LogP contribution in [0.1, 0.15) is 54.9 Å². The van der Waals surface area contributed by atoms with Gasteiger partial charge in [0.05, 0.1) is 11.9 Å². The minimum Gasteiger partial charge on any atom is -0.448 e. The monoisotopic (exact) mass is 341 g/mol. The summed E-state index contributed by atoms with van der Waals surface area (Å²) >= 11 is 0. The molecule has 0 saturated heterocycles. The number of rotatable bonds is 6. The molecule has 1 aromatic carbocycles. The van der Waals surface area contributed by atoms with E-state index in [4.69, 9.17) is 4.74 Å². The number of carbonyl (C=O) groups excluding carboxylic acids is 2. The van der Waals surface area contributed by atoms with Crippen LogP contribution in [0.4, 0.5) is 5.69 Å². The number of hydrogen-bond donors (Lipinski definition) is 1. The van der Waals surface area contributed by atoms with E-state index in [9.17, 15) is 9.59 Å². The molecule has 0 bridgehead atoms. The molecule has 1 aromatic heterocycles. The Labute approximate surface area is 147 Å². The third-order valence-electron chi connectivity index (χ3n) is 4.00. The lowest BCUT2D eigenvalue weighted by molar-refractivity contribution is -0.123. The van der Waals surface area contributed by atoms with Crippen LogP contribution in [0.2, 0.25) is 0 Å². The molecule has 2 aromatic rings. The van der Waals surface area contributed by atoms with Gasteiger partial charge in [0, 0.05) is 11.9 Å². The maximum atomic E-state index is 12.2. The molecule has 0 saturated carbocycles. The highest BCUT2D eigenvalue weighted by Gasteiger charge is 2.20. The van der Waals surface area contributed by atoms with Gasteiger partial charge in [-0.2, -0.15) is 0 Å². The van der Waals surface area contributed by atoms with Gasteiger partial charge in [0.15, 0.2) is 11.8 Å². The number of aryl methyl sites for hydroxylation is 1. The molecule has 0 aliphatic rings. The molecule has 0 aliphatic heterocycles. The van der Waals surface area contributed by atoms with Crippen LogP contribution in [0.3, 0.4) is 0 Å². The van der Waals surface area contributed by atoms with Crippen LogP contribution < -0.4 is 5.32 Å². The first-order chi connectivity index (χ1) is 11.9. The molecular weight excluding hydrogens is 318 g/mol. The molecule has 0 radical (unpaired) electrons. The molecule has 6 heteroatoms. The number of amides is 1. The molecule has 2 rings (SSSR count). The molecule has 25 heavy (non-hydrogen) atoms. The van der Waals surface area contributed by atoms with E-state index >= 15 is 0 Å². The van der Waals surface area contributed by atoms with Crippen LogP contribution in [0.5, 0.6) is 0 Å². The lowest BCUT2D eigenvalue weighted by atomic mass is 9.99.